The first-order valence-corrected chi connectivity index (χ1v) is 12.2. The normalized spacial score (nSPS) is 22.0. The number of thiophene rings is 1. The molecule has 1 atom stereocenters. The van der Waals surface area contributed by atoms with Gasteiger partial charge >= 0.3 is 0 Å². The van der Waals surface area contributed by atoms with Crippen LogP contribution in [0.2, 0.25) is 0 Å². The zero-order valence-corrected chi connectivity index (χ0v) is 19.0. The summed E-state index contributed by atoms with van der Waals surface area (Å²) < 4.78 is 3.12. The Hall–Kier alpha value is -2.60. The smallest absolute Gasteiger partial charge is 0.275 e. The summed E-state index contributed by atoms with van der Waals surface area (Å²) >= 11 is 1.63. The number of anilines is 1. The van der Waals surface area contributed by atoms with Crippen LogP contribution in [0.3, 0.4) is 0 Å². The molecule has 3 heterocycles. The van der Waals surface area contributed by atoms with Crippen molar-refractivity contribution in [3.63, 3.8) is 0 Å². The van der Waals surface area contributed by atoms with Crippen LogP contribution in [0.4, 0.5) is 5.69 Å². The number of fused-ring (bicyclic) bond motifs is 3. The maximum Gasteiger partial charge on any atom is 0.275 e. The molecule has 1 aromatic carbocycles. The second-order valence-electron chi connectivity index (χ2n) is 9.03. The third-order valence-electron chi connectivity index (χ3n) is 6.94. The highest BCUT2D eigenvalue weighted by Crippen LogP contribution is 2.37. The minimum Gasteiger partial charge on any atom is -0.351 e. The molecule has 1 N–H and O–H groups in total. The zero-order chi connectivity index (χ0) is 21.6. The fourth-order valence-electron chi connectivity index (χ4n) is 5.09. The Morgan fingerprint density at radius 2 is 1.90 bits per heavy atom. The number of amides is 2. The van der Waals surface area contributed by atoms with Crippen molar-refractivity contribution in [3.8, 4) is 0 Å². The monoisotopic (exact) mass is 435 g/mol. The summed E-state index contributed by atoms with van der Waals surface area (Å²) in [5.41, 5.74) is 2.68. The van der Waals surface area contributed by atoms with Crippen molar-refractivity contribution in [1.82, 2.24) is 9.88 Å². The molecule has 31 heavy (non-hydrogen) atoms. The predicted molar refractivity (Wildman–Crippen MR) is 126 cm³/mol. The van der Waals surface area contributed by atoms with Gasteiger partial charge in [-0.2, -0.15) is 0 Å². The molecule has 1 aliphatic carbocycles. The lowest BCUT2D eigenvalue weighted by atomic mass is 9.91. The Labute approximate surface area is 187 Å². The molecule has 1 saturated carbocycles. The lowest BCUT2D eigenvalue weighted by molar-refractivity contribution is -0.127. The summed E-state index contributed by atoms with van der Waals surface area (Å²) in [5.74, 6) is -0.171. The van der Waals surface area contributed by atoms with Gasteiger partial charge in [0.2, 0.25) is 5.91 Å². The van der Waals surface area contributed by atoms with Gasteiger partial charge < -0.3 is 9.88 Å². The van der Waals surface area contributed by atoms with Crippen molar-refractivity contribution in [3.05, 3.63) is 53.0 Å². The van der Waals surface area contributed by atoms with Crippen LogP contribution >= 0.6 is 11.3 Å². The first-order valence-electron chi connectivity index (χ1n) is 11.3. The average molecular weight is 436 g/mol. The molecule has 6 heteroatoms. The summed E-state index contributed by atoms with van der Waals surface area (Å²) in [7, 11) is 0. The molecule has 162 valence electrons. The van der Waals surface area contributed by atoms with Crippen molar-refractivity contribution in [1.29, 1.82) is 0 Å². The van der Waals surface area contributed by atoms with Gasteiger partial charge in [-0.1, -0.05) is 38.3 Å². The molecule has 2 aromatic heterocycles. The van der Waals surface area contributed by atoms with E-state index in [4.69, 9.17) is 0 Å². The van der Waals surface area contributed by atoms with E-state index in [2.05, 4.69) is 12.2 Å². The highest BCUT2D eigenvalue weighted by Gasteiger charge is 2.49. The number of benzene rings is 1. The van der Waals surface area contributed by atoms with Gasteiger partial charge in [0.25, 0.3) is 5.91 Å². The number of hydrogen-bond donors (Lipinski definition) is 1. The molecule has 0 unspecified atom stereocenters. The van der Waals surface area contributed by atoms with Crippen LogP contribution in [0.25, 0.3) is 10.2 Å². The molecular weight excluding hydrogens is 406 g/mol. The van der Waals surface area contributed by atoms with Gasteiger partial charge in [0.05, 0.1) is 16.8 Å². The van der Waals surface area contributed by atoms with Gasteiger partial charge in [0.1, 0.15) is 11.2 Å². The van der Waals surface area contributed by atoms with Gasteiger partial charge in [-0.25, -0.2) is 0 Å². The molecule has 2 amide bonds. The minimum absolute atomic E-state index is 0.0601. The van der Waals surface area contributed by atoms with Crippen LogP contribution < -0.4 is 10.2 Å². The molecule has 0 saturated heterocycles. The van der Waals surface area contributed by atoms with E-state index in [1.165, 1.54) is 12.0 Å². The number of nitrogens with zero attached hydrogens (tertiary/aromatic N) is 2. The van der Waals surface area contributed by atoms with Crippen LogP contribution in [-0.4, -0.2) is 28.0 Å². The lowest BCUT2D eigenvalue weighted by Crippen LogP contribution is -2.65. The fraction of sp³-hybridized carbons (Fsp3) is 0.440. The summed E-state index contributed by atoms with van der Waals surface area (Å²) in [6, 6.07) is 12.3. The molecule has 5 rings (SSSR count). The number of aryl methyl sites for hydroxylation is 1. The van der Waals surface area contributed by atoms with Crippen molar-refractivity contribution < 1.29 is 9.59 Å². The Bertz CT molecular complexity index is 1120. The van der Waals surface area contributed by atoms with Crippen molar-refractivity contribution in [2.75, 3.05) is 4.90 Å². The standard InChI is InChI=1S/C25H29N3O2S/c1-3-17-9-11-19(12-10-17)28-23(29)21-15-22-20(13-14-31-22)27(21)16-25(28,2)24(30)26-18-7-5-4-6-8-18/h9-15,18H,3-8,16H2,1-2H3,(H,26,30)/t25-/m0/s1. The quantitative estimate of drug-likeness (QED) is 0.617. The Kier molecular flexibility index (Phi) is 5.13. The van der Waals surface area contributed by atoms with E-state index in [1.807, 2.05) is 53.3 Å². The number of carbonyl (C=O) groups excluding carboxylic acids is 2. The summed E-state index contributed by atoms with van der Waals surface area (Å²) in [6.07, 6.45) is 6.52. The minimum atomic E-state index is -0.997. The molecular formula is C25H29N3O2S. The first kappa shape index (κ1) is 20.3. The lowest BCUT2D eigenvalue weighted by Gasteiger charge is -2.44. The Morgan fingerprint density at radius 1 is 1.16 bits per heavy atom. The third-order valence-corrected chi connectivity index (χ3v) is 7.79. The van der Waals surface area contributed by atoms with Crippen LogP contribution in [0.5, 0.6) is 0 Å². The Morgan fingerprint density at radius 3 is 2.61 bits per heavy atom. The van der Waals surface area contributed by atoms with Crippen molar-refractivity contribution in [2.45, 2.75) is 70.5 Å². The van der Waals surface area contributed by atoms with Crippen LogP contribution in [0.15, 0.2) is 41.8 Å². The maximum atomic E-state index is 13.8. The van der Waals surface area contributed by atoms with E-state index in [0.717, 1.165) is 48.0 Å². The van der Waals surface area contributed by atoms with E-state index in [1.54, 1.807) is 16.2 Å². The summed E-state index contributed by atoms with van der Waals surface area (Å²) in [5, 5.41) is 5.33. The van der Waals surface area contributed by atoms with Gasteiger partial charge in [-0.15, -0.1) is 11.3 Å². The summed E-state index contributed by atoms with van der Waals surface area (Å²) in [6.45, 7) is 4.47. The number of nitrogens with one attached hydrogen (secondary N) is 1. The van der Waals surface area contributed by atoms with E-state index in [9.17, 15) is 9.59 Å². The average Bonchev–Trinajstić information content (AvgIpc) is 3.37. The second-order valence-corrected chi connectivity index (χ2v) is 9.98. The molecule has 1 aliphatic heterocycles. The van der Waals surface area contributed by atoms with Crippen LogP contribution in [0.1, 0.15) is 62.0 Å². The summed E-state index contributed by atoms with van der Waals surface area (Å²) in [4.78, 5) is 29.2. The maximum absolute atomic E-state index is 13.8. The molecule has 3 aromatic rings. The molecule has 0 bridgehead atoms. The van der Waals surface area contributed by atoms with Gasteiger partial charge in [0.15, 0.2) is 0 Å². The number of carbonyl (C=O) groups is 2. The number of rotatable bonds is 4. The van der Waals surface area contributed by atoms with Gasteiger partial charge in [0, 0.05) is 11.7 Å². The molecule has 1 fully saturated rings. The third kappa shape index (κ3) is 3.37. The van der Waals surface area contributed by atoms with Gasteiger partial charge in [-0.05, 0) is 61.4 Å². The topological polar surface area (TPSA) is 54.3 Å². The van der Waals surface area contributed by atoms with E-state index < -0.39 is 5.54 Å². The van der Waals surface area contributed by atoms with Crippen LogP contribution in [-0.2, 0) is 17.8 Å². The zero-order valence-electron chi connectivity index (χ0n) is 18.2. The van der Waals surface area contributed by atoms with Crippen molar-refractivity contribution >= 4 is 39.1 Å². The highest BCUT2D eigenvalue weighted by atomic mass is 32.1. The van der Waals surface area contributed by atoms with E-state index in [-0.39, 0.29) is 17.9 Å². The van der Waals surface area contributed by atoms with Crippen LogP contribution in [0, 0.1) is 0 Å². The number of hydrogen-bond acceptors (Lipinski definition) is 3. The SMILES string of the molecule is CCc1ccc(N2C(=O)c3cc4sccc4n3C[C@@]2(C)C(=O)NC2CCCCC2)cc1. The van der Waals surface area contributed by atoms with E-state index >= 15 is 0 Å². The fourth-order valence-corrected chi connectivity index (χ4v) is 5.91. The molecule has 0 spiro atoms. The molecule has 0 radical (unpaired) electrons. The van der Waals surface area contributed by atoms with Crippen molar-refractivity contribution in [2.24, 2.45) is 0 Å². The first-order chi connectivity index (χ1) is 15.0. The predicted octanol–water partition coefficient (Wildman–Crippen LogP) is 5.13. The highest BCUT2D eigenvalue weighted by molar-refractivity contribution is 7.17. The second kappa shape index (κ2) is 7.83. The van der Waals surface area contributed by atoms with Gasteiger partial charge in [-0.3, -0.25) is 14.5 Å². The largest absolute Gasteiger partial charge is 0.351 e. The van der Waals surface area contributed by atoms with E-state index in [0.29, 0.717) is 12.2 Å². The molecule has 5 nitrogen and oxygen atoms in total. The Balaban J connectivity index is 1.58. The molecule has 2 aliphatic rings. The number of aromatic nitrogens is 1.